The van der Waals surface area contributed by atoms with Gasteiger partial charge < -0.3 is 14.0 Å². The van der Waals surface area contributed by atoms with Gasteiger partial charge in [-0.1, -0.05) is 35.3 Å². The molecule has 0 N–H and O–H groups in total. The second kappa shape index (κ2) is 10.9. The van der Waals surface area contributed by atoms with Crippen LogP contribution in [0.2, 0.25) is 5.02 Å². The maximum atomic E-state index is 13.7. The number of rotatable bonds is 6. The molecule has 39 heavy (non-hydrogen) atoms. The van der Waals surface area contributed by atoms with E-state index >= 15 is 0 Å². The maximum Gasteiger partial charge on any atom is 0.142 e. The molecule has 1 atom stereocenters. The summed E-state index contributed by atoms with van der Waals surface area (Å²) in [4.78, 5) is 2.30. The molecule has 0 bridgehead atoms. The van der Waals surface area contributed by atoms with E-state index in [0.717, 1.165) is 45.6 Å². The average molecular weight is 565 g/mol. The molecule has 0 amide bonds. The molecule has 0 saturated carbocycles. The van der Waals surface area contributed by atoms with Crippen molar-refractivity contribution in [1.29, 1.82) is 0 Å². The van der Waals surface area contributed by atoms with Gasteiger partial charge in [0.25, 0.3) is 0 Å². The van der Waals surface area contributed by atoms with E-state index in [-0.39, 0.29) is 11.3 Å². The molecular weight excluding hydrogens is 538 g/mol. The van der Waals surface area contributed by atoms with Crippen LogP contribution < -0.4 is 9.47 Å². The number of nitrogens with zero attached hydrogens (tertiary/aromatic N) is 4. The van der Waals surface area contributed by atoms with Crippen molar-refractivity contribution in [2.24, 2.45) is 5.10 Å². The first-order valence-electron chi connectivity index (χ1n) is 12.7. The third-order valence-electron chi connectivity index (χ3n) is 7.00. The number of hydrogen-bond acceptors (Lipinski definition) is 5. The van der Waals surface area contributed by atoms with Crippen molar-refractivity contribution in [3.8, 4) is 17.2 Å². The molecule has 0 aliphatic carbocycles. The average Bonchev–Trinajstić information content (AvgIpc) is 3.23. The van der Waals surface area contributed by atoms with E-state index in [2.05, 4.69) is 16.1 Å². The number of fused-ring (bicyclic) bond motifs is 2. The van der Waals surface area contributed by atoms with Crippen molar-refractivity contribution in [3.63, 3.8) is 0 Å². The first kappa shape index (κ1) is 25.7. The van der Waals surface area contributed by atoms with Crippen LogP contribution in [0.1, 0.15) is 11.1 Å². The minimum absolute atomic E-state index is 0.257. The van der Waals surface area contributed by atoms with E-state index in [1.807, 2.05) is 64.5 Å². The highest BCUT2D eigenvalue weighted by molar-refractivity contribution is 6.32. The Balaban J connectivity index is 1.17. The zero-order valence-corrected chi connectivity index (χ0v) is 22.9. The van der Waals surface area contributed by atoms with Crippen molar-refractivity contribution < 1.29 is 13.9 Å². The van der Waals surface area contributed by atoms with Crippen molar-refractivity contribution in [3.05, 3.63) is 100 Å². The van der Waals surface area contributed by atoms with Crippen LogP contribution in [-0.4, -0.2) is 53.0 Å². The van der Waals surface area contributed by atoms with Crippen molar-refractivity contribution in [2.75, 3.05) is 26.8 Å². The highest BCUT2D eigenvalue weighted by Crippen LogP contribution is 2.35. The van der Waals surface area contributed by atoms with Crippen LogP contribution >= 0.6 is 23.2 Å². The number of hydrazone groups is 1. The third-order valence-corrected chi connectivity index (χ3v) is 7.63. The lowest BCUT2D eigenvalue weighted by Crippen LogP contribution is -2.32. The standard InChI is InChI=1S/C30H27Cl2FN4O2/c1-38-26-5-2-20(3-6-26)18-37-29(32)12-21(16-34-37)17-35-10-11-39-30-23(19-35)14-25(15-27(30)31)36-9-8-22-13-24(33)4-7-28(22)36/h2-9,12-16,29H,10-11,17-19H2,1H3. The van der Waals surface area contributed by atoms with Gasteiger partial charge in [0.15, 0.2) is 0 Å². The molecule has 9 heteroatoms. The molecule has 2 aliphatic heterocycles. The predicted octanol–water partition coefficient (Wildman–Crippen LogP) is 6.62. The van der Waals surface area contributed by atoms with Gasteiger partial charge in [-0.25, -0.2) is 4.39 Å². The zero-order valence-electron chi connectivity index (χ0n) is 21.4. The Labute approximate surface area is 236 Å². The van der Waals surface area contributed by atoms with Crippen LogP contribution in [0.4, 0.5) is 4.39 Å². The van der Waals surface area contributed by atoms with E-state index in [1.54, 1.807) is 13.2 Å². The number of benzene rings is 3. The molecule has 0 radical (unpaired) electrons. The predicted molar refractivity (Wildman–Crippen MR) is 154 cm³/mol. The molecule has 3 heterocycles. The van der Waals surface area contributed by atoms with Gasteiger partial charge in [-0.05, 0) is 65.7 Å². The molecule has 0 saturated heterocycles. The highest BCUT2D eigenvalue weighted by atomic mass is 35.5. The minimum atomic E-state index is -0.351. The Morgan fingerprint density at radius 1 is 1.08 bits per heavy atom. The van der Waals surface area contributed by atoms with Gasteiger partial charge in [-0.15, -0.1) is 0 Å². The summed E-state index contributed by atoms with van der Waals surface area (Å²) in [5.41, 5.74) is 4.61. The van der Waals surface area contributed by atoms with Crippen molar-refractivity contribution in [1.82, 2.24) is 14.5 Å². The smallest absolute Gasteiger partial charge is 0.142 e. The van der Waals surface area contributed by atoms with Gasteiger partial charge >= 0.3 is 0 Å². The first-order chi connectivity index (χ1) is 19.0. The number of ether oxygens (including phenoxy) is 2. The molecule has 2 aliphatic rings. The fourth-order valence-electron chi connectivity index (χ4n) is 5.04. The van der Waals surface area contributed by atoms with Crippen LogP contribution in [0.3, 0.4) is 0 Å². The Kier molecular flexibility index (Phi) is 7.21. The Bertz CT molecular complexity index is 1570. The molecule has 6 nitrogen and oxygen atoms in total. The molecule has 1 aromatic heterocycles. The minimum Gasteiger partial charge on any atom is -0.497 e. The lowest BCUT2D eigenvalue weighted by Gasteiger charge is -2.28. The summed E-state index contributed by atoms with van der Waals surface area (Å²) in [5, 5.41) is 7.87. The molecular formula is C30H27Cl2FN4O2. The molecule has 0 spiro atoms. The van der Waals surface area contributed by atoms with Gasteiger partial charge in [-0.2, -0.15) is 5.10 Å². The van der Waals surface area contributed by atoms with Crippen LogP contribution in [-0.2, 0) is 13.1 Å². The Morgan fingerprint density at radius 2 is 1.92 bits per heavy atom. The quantitative estimate of drug-likeness (QED) is 0.195. The largest absolute Gasteiger partial charge is 0.497 e. The summed E-state index contributed by atoms with van der Waals surface area (Å²) in [6, 6.07) is 18.6. The molecule has 200 valence electrons. The second-order valence-electron chi connectivity index (χ2n) is 9.67. The summed E-state index contributed by atoms with van der Waals surface area (Å²) >= 11 is 13.4. The number of aromatic nitrogens is 1. The summed E-state index contributed by atoms with van der Waals surface area (Å²) in [6.07, 6.45) is 5.85. The molecule has 1 unspecified atom stereocenters. The fraction of sp³-hybridized carbons (Fsp3) is 0.233. The summed E-state index contributed by atoms with van der Waals surface area (Å²) in [5.74, 6) is 1.27. The van der Waals surface area contributed by atoms with E-state index in [4.69, 9.17) is 32.7 Å². The number of alkyl halides is 1. The topological polar surface area (TPSA) is 42.2 Å². The lowest BCUT2D eigenvalue weighted by molar-refractivity contribution is 0.238. The second-order valence-corrected chi connectivity index (χ2v) is 10.5. The SMILES string of the molecule is COc1ccc(CN2N=CC(CN3CCOc4c(Cl)cc(-n5ccc6cc(F)ccc65)cc4C3)=CC2Cl)cc1. The van der Waals surface area contributed by atoms with Gasteiger partial charge in [0.1, 0.15) is 29.4 Å². The first-order valence-corrected chi connectivity index (χ1v) is 13.5. The van der Waals surface area contributed by atoms with Crippen molar-refractivity contribution >= 4 is 40.3 Å². The van der Waals surface area contributed by atoms with E-state index < -0.39 is 0 Å². The van der Waals surface area contributed by atoms with Crippen LogP contribution in [0.15, 0.2) is 83.6 Å². The Morgan fingerprint density at radius 3 is 2.72 bits per heavy atom. The highest BCUT2D eigenvalue weighted by Gasteiger charge is 2.22. The van der Waals surface area contributed by atoms with Gasteiger partial charge in [0.2, 0.25) is 0 Å². The lowest BCUT2D eigenvalue weighted by atomic mass is 10.1. The number of methoxy groups -OCH3 is 1. The van der Waals surface area contributed by atoms with Crippen LogP contribution in [0.5, 0.6) is 11.5 Å². The molecule has 6 rings (SSSR count). The third kappa shape index (κ3) is 5.48. The van der Waals surface area contributed by atoms with Crippen LogP contribution in [0, 0.1) is 5.82 Å². The Hall–Kier alpha value is -3.52. The van der Waals surface area contributed by atoms with Gasteiger partial charge in [0.05, 0.1) is 30.4 Å². The van der Waals surface area contributed by atoms with E-state index in [0.29, 0.717) is 37.0 Å². The summed E-state index contributed by atoms with van der Waals surface area (Å²) in [7, 11) is 1.65. The number of halogens is 3. The molecule has 4 aromatic rings. The van der Waals surface area contributed by atoms with Crippen molar-refractivity contribution in [2.45, 2.75) is 18.6 Å². The van der Waals surface area contributed by atoms with E-state index in [9.17, 15) is 4.39 Å². The van der Waals surface area contributed by atoms with Gasteiger partial charge in [-0.3, -0.25) is 9.91 Å². The van der Waals surface area contributed by atoms with E-state index in [1.165, 1.54) is 12.1 Å². The summed E-state index contributed by atoms with van der Waals surface area (Å²) in [6.45, 7) is 3.20. The summed E-state index contributed by atoms with van der Waals surface area (Å²) < 4.78 is 27.0. The monoisotopic (exact) mass is 564 g/mol. The fourth-order valence-corrected chi connectivity index (χ4v) is 5.61. The number of hydrogen-bond donors (Lipinski definition) is 0. The normalized spacial score (nSPS) is 17.5. The molecule has 3 aromatic carbocycles. The maximum absolute atomic E-state index is 13.7. The zero-order chi connectivity index (χ0) is 26.9. The van der Waals surface area contributed by atoms with Gasteiger partial charge in [0, 0.05) is 42.5 Å². The molecule has 0 fully saturated rings. The van der Waals surface area contributed by atoms with Crippen LogP contribution in [0.25, 0.3) is 16.6 Å².